The summed E-state index contributed by atoms with van der Waals surface area (Å²) < 4.78 is 17.7. The molecule has 3 aliphatic rings. The number of carbonyl (C=O) groups is 1. The first kappa shape index (κ1) is 21.2. The summed E-state index contributed by atoms with van der Waals surface area (Å²) in [5.41, 5.74) is 5.93. The van der Waals surface area contributed by atoms with E-state index in [-0.39, 0.29) is 12.1 Å². The van der Waals surface area contributed by atoms with E-state index < -0.39 is 11.8 Å². The van der Waals surface area contributed by atoms with E-state index in [4.69, 9.17) is 14.3 Å². The third kappa shape index (κ3) is 2.32. The van der Waals surface area contributed by atoms with Crippen LogP contribution in [0.2, 0.25) is 0 Å². The Morgan fingerprint density at radius 1 is 1.00 bits per heavy atom. The number of fused-ring (bicyclic) bond motifs is 13. The number of hydrogen-bond acceptors (Lipinski definition) is 5. The third-order valence-electron chi connectivity index (χ3n) is 8.54. The highest BCUT2D eigenvalue weighted by atomic mass is 16.6. The lowest BCUT2D eigenvalue weighted by Gasteiger charge is -2.44. The summed E-state index contributed by atoms with van der Waals surface area (Å²) in [7, 11) is 5.15. The van der Waals surface area contributed by atoms with Gasteiger partial charge in [0.2, 0.25) is 0 Å². The Morgan fingerprint density at radius 3 is 2.43 bits per heavy atom. The lowest BCUT2D eigenvalue weighted by Crippen LogP contribution is -2.54. The van der Waals surface area contributed by atoms with Crippen molar-refractivity contribution in [2.24, 2.45) is 5.16 Å². The molecule has 3 atom stereocenters. The number of rotatable bonds is 2. The van der Waals surface area contributed by atoms with Crippen LogP contribution in [-0.2, 0) is 26.6 Å². The number of amides is 1. The Morgan fingerprint density at radius 2 is 1.70 bits per heavy atom. The molecule has 2 bridgehead atoms. The van der Waals surface area contributed by atoms with E-state index in [1.165, 1.54) is 0 Å². The minimum atomic E-state index is -0.911. The van der Waals surface area contributed by atoms with E-state index in [2.05, 4.69) is 57.6 Å². The minimum absolute atomic E-state index is 0.0624. The number of oxime groups is 1. The molecule has 8 nitrogen and oxygen atoms in total. The SMILES string of the molecule is CO/N=C1/C[C@H]2O[C@@](C)([C@@H]1OC)n1c3ccccc3c3c4c(c5c6ccccc6n2c5c31)C(=O)N(C)C4. The van der Waals surface area contributed by atoms with Gasteiger partial charge in [-0.2, -0.15) is 0 Å². The molecule has 2 aromatic heterocycles. The molecule has 0 N–H and O–H groups in total. The summed E-state index contributed by atoms with van der Waals surface area (Å²) in [6.45, 7) is 2.65. The summed E-state index contributed by atoms with van der Waals surface area (Å²) in [5.74, 6) is 0.0624. The molecule has 1 amide bonds. The number of ether oxygens (including phenoxy) is 2. The number of nitrogens with zero attached hydrogens (tertiary/aromatic N) is 4. The molecule has 0 aliphatic carbocycles. The quantitative estimate of drug-likeness (QED) is 0.320. The lowest BCUT2D eigenvalue weighted by molar-refractivity contribution is -0.211. The molecule has 5 heterocycles. The fourth-order valence-corrected chi connectivity index (χ4v) is 7.29. The van der Waals surface area contributed by atoms with Crippen molar-refractivity contribution < 1.29 is 19.1 Å². The van der Waals surface area contributed by atoms with Crippen LogP contribution in [-0.4, -0.2) is 53.0 Å². The fraction of sp³-hybridized carbons (Fsp3) is 0.310. The molecule has 8 rings (SSSR count). The Bertz CT molecular complexity index is 1860. The van der Waals surface area contributed by atoms with E-state index >= 15 is 0 Å². The monoisotopic (exact) mass is 494 g/mol. The average molecular weight is 495 g/mol. The number of carbonyl (C=O) groups excluding carboxylic acids is 1. The molecule has 3 aliphatic heterocycles. The van der Waals surface area contributed by atoms with E-state index in [1.807, 2.05) is 24.1 Å². The van der Waals surface area contributed by atoms with Crippen molar-refractivity contribution in [3.63, 3.8) is 0 Å². The van der Waals surface area contributed by atoms with Gasteiger partial charge < -0.3 is 28.3 Å². The van der Waals surface area contributed by atoms with Crippen LogP contribution in [0.1, 0.15) is 35.5 Å². The van der Waals surface area contributed by atoms with Crippen molar-refractivity contribution in [1.82, 2.24) is 14.0 Å². The van der Waals surface area contributed by atoms with Gasteiger partial charge in [-0.1, -0.05) is 41.6 Å². The summed E-state index contributed by atoms with van der Waals surface area (Å²) in [5, 5.41) is 8.70. The number of benzene rings is 3. The Labute approximate surface area is 212 Å². The summed E-state index contributed by atoms with van der Waals surface area (Å²) in [6, 6.07) is 16.7. The Balaban J connectivity index is 1.71. The van der Waals surface area contributed by atoms with Gasteiger partial charge in [0.25, 0.3) is 5.91 Å². The van der Waals surface area contributed by atoms with Gasteiger partial charge >= 0.3 is 0 Å². The van der Waals surface area contributed by atoms with Crippen molar-refractivity contribution in [2.75, 3.05) is 21.3 Å². The van der Waals surface area contributed by atoms with Crippen molar-refractivity contribution in [1.29, 1.82) is 0 Å². The first-order chi connectivity index (χ1) is 18.0. The van der Waals surface area contributed by atoms with Gasteiger partial charge in [-0.05, 0) is 24.6 Å². The molecule has 0 saturated carbocycles. The Hall–Kier alpha value is -3.88. The predicted octanol–water partition coefficient (Wildman–Crippen LogP) is 5.11. The smallest absolute Gasteiger partial charge is 0.254 e. The molecule has 186 valence electrons. The normalized spacial score (nSPS) is 25.8. The zero-order chi connectivity index (χ0) is 25.2. The fourth-order valence-electron chi connectivity index (χ4n) is 7.29. The van der Waals surface area contributed by atoms with Crippen LogP contribution >= 0.6 is 0 Å². The molecule has 0 unspecified atom stereocenters. The lowest BCUT2D eigenvalue weighted by atomic mass is 9.95. The molecule has 0 radical (unpaired) electrons. The minimum Gasteiger partial charge on any atom is -0.399 e. The van der Waals surface area contributed by atoms with Crippen LogP contribution in [0.25, 0.3) is 43.6 Å². The molecule has 37 heavy (non-hydrogen) atoms. The molecule has 1 fully saturated rings. The van der Waals surface area contributed by atoms with E-state index in [1.54, 1.807) is 14.2 Å². The summed E-state index contributed by atoms with van der Waals surface area (Å²) >= 11 is 0. The van der Waals surface area contributed by atoms with Gasteiger partial charge in [-0.3, -0.25) is 4.79 Å². The highest BCUT2D eigenvalue weighted by molar-refractivity contribution is 6.31. The average Bonchev–Trinajstić information content (AvgIpc) is 3.50. The standard InChI is InChI=1S/C29H26N4O4/c1-29-27(35-3)18(30-36-4)13-21(37-29)32-19-11-7-5-9-15(19)23-24-17(14-31(2)28(24)34)22-16-10-6-8-12-20(16)33(29)26(22)25(23)32/h5-12,21,27H,13-14H2,1-4H3/b30-18-/t21-,27-,29+/m1/s1. The van der Waals surface area contributed by atoms with Crippen LogP contribution in [0, 0.1) is 0 Å². The van der Waals surface area contributed by atoms with Gasteiger partial charge in [-0.15, -0.1) is 0 Å². The molecule has 3 aromatic carbocycles. The second kappa shape index (κ2) is 6.90. The first-order valence-corrected chi connectivity index (χ1v) is 12.6. The van der Waals surface area contributed by atoms with Gasteiger partial charge in [0.05, 0.1) is 33.3 Å². The van der Waals surface area contributed by atoms with E-state index in [9.17, 15) is 4.79 Å². The zero-order valence-corrected chi connectivity index (χ0v) is 21.1. The highest BCUT2D eigenvalue weighted by Crippen LogP contribution is 2.53. The van der Waals surface area contributed by atoms with Gasteiger partial charge in [0.15, 0.2) is 5.72 Å². The first-order valence-electron chi connectivity index (χ1n) is 12.6. The van der Waals surface area contributed by atoms with Crippen LogP contribution in [0.3, 0.4) is 0 Å². The van der Waals surface area contributed by atoms with Crippen molar-refractivity contribution in [3.05, 3.63) is 59.7 Å². The molecule has 1 saturated heterocycles. The maximum Gasteiger partial charge on any atom is 0.254 e. The molecule has 0 spiro atoms. The Kier molecular flexibility index (Phi) is 3.96. The van der Waals surface area contributed by atoms with Crippen LogP contribution < -0.4 is 0 Å². The maximum atomic E-state index is 13.7. The van der Waals surface area contributed by atoms with Crippen molar-refractivity contribution in [3.8, 4) is 0 Å². The largest absolute Gasteiger partial charge is 0.399 e. The number of methoxy groups -OCH3 is 1. The predicted molar refractivity (Wildman–Crippen MR) is 142 cm³/mol. The summed E-state index contributed by atoms with van der Waals surface area (Å²) in [4.78, 5) is 20.8. The second-order valence-electron chi connectivity index (χ2n) is 10.4. The third-order valence-corrected chi connectivity index (χ3v) is 8.54. The molecule has 8 heteroatoms. The van der Waals surface area contributed by atoms with Gasteiger partial charge in [0, 0.05) is 48.7 Å². The van der Waals surface area contributed by atoms with Crippen molar-refractivity contribution in [2.45, 2.75) is 37.9 Å². The number of para-hydroxylation sites is 2. The topological polar surface area (TPSA) is 70.2 Å². The van der Waals surface area contributed by atoms with Crippen LogP contribution in [0.4, 0.5) is 0 Å². The maximum absolute atomic E-state index is 13.7. The molecular formula is C29H26N4O4. The molecule has 5 aromatic rings. The van der Waals surface area contributed by atoms with E-state index in [0.29, 0.717) is 13.0 Å². The van der Waals surface area contributed by atoms with Crippen molar-refractivity contribution >= 4 is 55.2 Å². The number of hydrogen-bond donors (Lipinski definition) is 0. The van der Waals surface area contributed by atoms with Gasteiger partial charge in [0.1, 0.15) is 19.4 Å². The second-order valence-corrected chi connectivity index (χ2v) is 10.4. The number of aromatic nitrogens is 2. The van der Waals surface area contributed by atoms with Gasteiger partial charge in [-0.25, -0.2) is 0 Å². The summed E-state index contributed by atoms with van der Waals surface area (Å²) in [6.07, 6.45) is -0.321. The van der Waals surface area contributed by atoms with E-state index in [0.717, 1.165) is 60.5 Å². The van der Waals surface area contributed by atoms with Crippen LogP contribution in [0.15, 0.2) is 53.7 Å². The zero-order valence-electron chi connectivity index (χ0n) is 21.1. The molecular weight excluding hydrogens is 468 g/mol. The van der Waals surface area contributed by atoms with Crippen LogP contribution in [0.5, 0.6) is 0 Å². The highest BCUT2D eigenvalue weighted by Gasteiger charge is 2.52.